The van der Waals surface area contributed by atoms with Crippen molar-refractivity contribution >= 4 is 29.0 Å². The van der Waals surface area contributed by atoms with E-state index in [4.69, 9.17) is 28.9 Å². The molecule has 0 spiro atoms. The summed E-state index contributed by atoms with van der Waals surface area (Å²) >= 11 is 11.9. The minimum absolute atomic E-state index is 0.508. The summed E-state index contributed by atoms with van der Waals surface area (Å²) in [5, 5.41) is 1.04. The van der Waals surface area contributed by atoms with Crippen LogP contribution in [0.2, 0.25) is 10.0 Å². The third-order valence-electron chi connectivity index (χ3n) is 2.54. The van der Waals surface area contributed by atoms with Crippen molar-refractivity contribution in [2.75, 3.05) is 5.73 Å². The zero-order valence-electron chi connectivity index (χ0n) is 9.45. The summed E-state index contributed by atoms with van der Waals surface area (Å²) in [6.07, 6.45) is 2.76. The highest BCUT2D eigenvalue weighted by molar-refractivity contribution is 6.42. The second kappa shape index (κ2) is 4.98. The second-order valence-electron chi connectivity index (χ2n) is 3.80. The number of anilines is 1. The summed E-state index contributed by atoms with van der Waals surface area (Å²) in [4.78, 5) is 4.31. The molecule has 5 heteroatoms. The van der Waals surface area contributed by atoms with Crippen LogP contribution in [0.4, 0.5) is 5.82 Å². The maximum atomic E-state index is 6.03. The van der Waals surface area contributed by atoms with Gasteiger partial charge in [-0.1, -0.05) is 36.2 Å². The molecular weight excluding hydrogens is 257 g/mol. The number of nitrogens with zero attached hydrogens (tertiary/aromatic N) is 2. The van der Waals surface area contributed by atoms with Crippen LogP contribution in [0.25, 0.3) is 11.3 Å². The predicted molar refractivity (Wildman–Crippen MR) is 72.4 cm³/mol. The zero-order valence-corrected chi connectivity index (χ0v) is 11.0. The molecule has 0 aliphatic rings. The van der Waals surface area contributed by atoms with E-state index in [1.54, 1.807) is 18.5 Å². The fourth-order valence-electron chi connectivity index (χ4n) is 1.68. The monoisotopic (exact) mass is 269 g/mol. The van der Waals surface area contributed by atoms with Gasteiger partial charge in [0.25, 0.3) is 0 Å². The molecule has 90 valence electrons. The van der Waals surface area contributed by atoms with Gasteiger partial charge in [-0.15, -0.1) is 0 Å². The average molecular weight is 270 g/mol. The van der Waals surface area contributed by atoms with Crippen molar-refractivity contribution in [1.29, 1.82) is 0 Å². The molecule has 2 rings (SSSR count). The molecule has 0 saturated heterocycles. The molecule has 2 aromatic rings. The number of benzene rings is 1. The number of aryl methyl sites for hydroxylation is 1. The summed E-state index contributed by atoms with van der Waals surface area (Å²) in [6.45, 7) is 2.96. The molecule has 0 radical (unpaired) electrons. The van der Waals surface area contributed by atoms with E-state index >= 15 is 0 Å². The summed E-state index contributed by atoms with van der Waals surface area (Å²) < 4.78 is 1.93. The molecular formula is C12H13Cl2N3. The van der Waals surface area contributed by atoms with Crippen LogP contribution in [-0.4, -0.2) is 9.55 Å². The predicted octanol–water partition coefficient (Wildman–Crippen LogP) is 3.85. The molecule has 0 fully saturated rings. The van der Waals surface area contributed by atoms with Crippen molar-refractivity contribution in [3.8, 4) is 11.3 Å². The van der Waals surface area contributed by atoms with Gasteiger partial charge < -0.3 is 10.3 Å². The molecule has 1 aromatic heterocycles. The molecule has 0 atom stereocenters. The van der Waals surface area contributed by atoms with Crippen molar-refractivity contribution in [2.45, 2.75) is 19.9 Å². The maximum absolute atomic E-state index is 6.03. The lowest BCUT2D eigenvalue weighted by Gasteiger charge is -2.04. The van der Waals surface area contributed by atoms with Gasteiger partial charge >= 0.3 is 0 Å². The number of rotatable bonds is 3. The lowest BCUT2D eigenvalue weighted by atomic mass is 10.1. The van der Waals surface area contributed by atoms with Gasteiger partial charge in [0.2, 0.25) is 0 Å². The summed E-state index contributed by atoms with van der Waals surface area (Å²) in [5.74, 6) is 0.658. The Balaban J connectivity index is 2.42. The third-order valence-corrected chi connectivity index (χ3v) is 3.27. The average Bonchev–Trinajstić information content (AvgIpc) is 2.66. The molecule has 17 heavy (non-hydrogen) atoms. The number of aromatic nitrogens is 2. The standard InChI is InChI=1S/C12H13Cl2N3/c1-2-5-17-7-16-11(12(17)15)8-3-4-9(13)10(14)6-8/h3-4,6-7H,2,5,15H2,1H3. The normalized spacial score (nSPS) is 10.8. The fourth-order valence-corrected chi connectivity index (χ4v) is 1.97. The van der Waals surface area contributed by atoms with Crippen LogP contribution in [0.1, 0.15) is 13.3 Å². The van der Waals surface area contributed by atoms with Gasteiger partial charge in [-0.3, -0.25) is 0 Å². The Bertz CT molecular complexity index is 535. The van der Waals surface area contributed by atoms with Gasteiger partial charge in [0, 0.05) is 12.1 Å². The lowest BCUT2D eigenvalue weighted by Crippen LogP contribution is -2.01. The van der Waals surface area contributed by atoms with Crippen LogP contribution in [0, 0.1) is 0 Å². The molecule has 3 nitrogen and oxygen atoms in total. The van der Waals surface area contributed by atoms with E-state index in [0.717, 1.165) is 24.2 Å². The van der Waals surface area contributed by atoms with Crippen LogP contribution in [-0.2, 0) is 6.54 Å². The summed E-state index contributed by atoms with van der Waals surface area (Å²) in [6, 6.07) is 5.39. The summed E-state index contributed by atoms with van der Waals surface area (Å²) in [5.41, 5.74) is 7.66. The molecule has 1 aromatic carbocycles. The minimum Gasteiger partial charge on any atom is -0.383 e. The van der Waals surface area contributed by atoms with E-state index in [2.05, 4.69) is 11.9 Å². The second-order valence-corrected chi connectivity index (χ2v) is 4.62. The Morgan fingerprint density at radius 3 is 2.71 bits per heavy atom. The van der Waals surface area contributed by atoms with Gasteiger partial charge in [-0.25, -0.2) is 4.98 Å². The van der Waals surface area contributed by atoms with Gasteiger partial charge in [-0.2, -0.15) is 0 Å². The first-order valence-electron chi connectivity index (χ1n) is 5.39. The molecule has 0 saturated carbocycles. The van der Waals surface area contributed by atoms with E-state index in [1.165, 1.54) is 0 Å². The zero-order chi connectivity index (χ0) is 12.4. The molecule has 0 amide bonds. The lowest BCUT2D eigenvalue weighted by molar-refractivity contribution is 0.686. The Morgan fingerprint density at radius 1 is 1.29 bits per heavy atom. The van der Waals surface area contributed by atoms with Gasteiger partial charge in [0.05, 0.1) is 16.4 Å². The van der Waals surface area contributed by atoms with Crippen LogP contribution in [0.15, 0.2) is 24.5 Å². The Morgan fingerprint density at radius 2 is 2.06 bits per heavy atom. The topological polar surface area (TPSA) is 43.8 Å². The number of nitrogen functional groups attached to an aromatic ring is 1. The smallest absolute Gasteiger partial charge is 0.131 e. The van der Waals surface area contributed by atoms with Crippen LogP contribution >= 0.6 is 23.2 Å². The highest BCUT2D eigenvalue weighted by Gasteiger charge is 2.10. The van der Waals surface area contributed by atoms with Crippen molar-refractivity contribution < 1.29 is 0 Å². The van der Waals surface area contributed by atoms with Crippen molar-refractivity contribution in [3.05, 3.63) is 34.6 Å². The van der Waals surface area contributed by atoms with Crippen LogP contribution in [0.3, 0.4) is 0 Å². The van der Waals surface area contributed by atoms with Gasteiger partial charge in [-0.05, 0) is 18.6 Å². The van der Waals surface area contributed by atoms with E-state index in [0.29, 0.717) is 15.9 Å². The number of halogens is 2. The van der Waals surface area contributed by atoms with Crippen molar-refractivity contribution in [3.63, 3.8) is 0 Å². The molecule has 1 heterocycles. The molecule has 0 bridgehead atoms. The van der Waals surface area contributed by atoms with Crippen molar-refractivity contribution in [1.82, 2.24) is 9.55 Å². The number of hydrogen-bond donors (Lipinski definition) is 1. The Kier molecular flexibility index (Phi) is 3.60. The first-order valence-corrected chi connectivity index (χ1v) is 6.15. The highest BCUT2D eigenvalue weighted by atomic mass is 35.5. The molecule has 0 unspecified atom stereocenters. The maximum Gasteiger partial charge on any atom is 0.131 e. The Labute approximate surface area is 110 Å². The van der Waals surface area contributed by atoms with E-state index in [1.807, 2.05) is 10.6 Å². The number of imidazole rings is 1. The number of nitrogens with two attached hydrogens (primary N) is 1. The largest absolute Gasteiger partial charge is 0.383 e. The van der Waals surface area contributed by atoms with Crippen LogP contribution < -0.4 is 5.73 Å². The SMILES string of the molecule is CCCn1cnc(-c2ccc(Cl)c(Cl)c2)c1N. The third kappa shape index (κ3) is 2.40. The first kappa shape index (κ1) is 12.3. The van der Waals surface area contributed by atoms with Crippen molar-refractivity contribution in [2.24, 2.45) is 0 Å². The quantitative estimate of drug-likeness (QED) is 0.920. The molecule has 0 aliphatic carbocycles. The van der Waals surface area contributed by atoms with Gasteiger partial charge in [0.15, 0.2) is 0 Å². The highest BCUT2D eigenvalue weighted by Crippen LogP contribution is 2.30. The minimum atomic E-state index is 0.508. The van der Waals surface area contributed by atoms with Crippen LogP contribution in [0.5, 0.6) is 0 Å². The van der Waals surface area contributed by atoms with E-state index in [-0.39, 0.29) is 0 Å². The first-order chi connectivity index (χ1) is 8.13. The number of hydrogen-bond acceptors (Lipinski definition) is 2. The molecule has 0 aliphatic heterocycles. The van der Waals surface area contributed by atoms with E-state index in [9.17, 15) is 0 Å². The molecule has 2 N–H and O–H groups in total. The summed E-state index contributed by atoms with van der Waals surface area (Å²) in [7, 11) is 0. The Hall–Kier alpha value is -1.19. The van der Waals surface area contributed by atoms with Gasteiger partial charge in [0.1, 0.15) is 11.5 Å². The fraction of sp³-hybridized carbons (Fsp3) is 0.250. The van der Waals surface area contributed by atoms with E-state index < -0.39 is 0 Å².